The Morgan fingerprint density at radius 1 is 1.12 bits per heavy atom. The summed E-state index contributed by atoms with van der Waals surface area (Å²) in [5.41, 5.74) is 1.99. The summed E-state index contributed by atoms with van der Waals surface area (Å²) in [7, 11) is 1.58. The minimum Gasteiger partial charge on any atom is -0.495 e. The number of imidazole rings is 1. The van der Waals surface area contributed by atoms with Crippen molar-refractivity contribution in [2.75, 3.05) is 7.11 Å². The van der Waals surface area contributed by atoms with E-state index in [1.54, 1.807) is 23.9 Å². The largest absolute Gasteiger partial charge is 0.495 e. The van der Waals surface area contributed by atoms with E-state index >= 15 is 0 Å². The summed E-state index contributed by atoms with van der Waals surface area (Å²) in [5, 5.41) is 0.444. The van der Waals surface area contributed by atoms with Crippen molar-refractivity contribution < 1.29 is 4.74 Å². The predicted molar refractivity (Wildman–Crippen MR) is 99.3 cm³/mol. The summed E-state index contributed by atoms with van der Waals surface area (Å²) >= 11 is 5.84. The molecule has 0 unspecified atom stereocenters. The summed E-state index contributed by atoms with van der Waals surface area (Å²) in [6, 6.07) is 14.8. The van der Waals surface area contributed by atoms with Crippen LogP contribution in [0.2, 0.25) is 5.15 Å². The van der Waals surface area contributed by atoms with Crippen molar-refractivity contribution in [1.29, 1.82) is 0 Å². The smallest absolute Gasteiger partial charge is 0.354 e. The third-order valence-electron chi connectivity index (χ3n) is 4.12. The van der Waals surface area contributed by atoms with Gasteiger partial charge in [-0.1, -0.05) is 29.8 Å². The zero-order chi connectivity index (χ0) is 18.1. The number of rotatable bonds is 4. The van der Waals surface area contributed by atoms with Crippen LogP contribution in [-0.2, 0) is 6.54 Å². The van der Waals surface area contributed by atoms with Gasteiger partial charge in [-0.2, -0.15) is 4.98 Å². The molecule has 2 aliphatic heterocycles. The standard InChI is InChI=1S/C19H15ClN4O2/c1-26-16-7-3-2-5-14(16)24-15-6-4-10-23(18(15)22-19(24)25)12-13-8-9-17(20)21-11-13/h2-11H,12H2,1H3. The lowest BCUT2D eigenvalue weighted by Crippen LogP contribution is -2.15. The number of ether oxygens (including phenoxy) is 1. The lowest BCUT2D eigenvalue weighted by Gasteiger charge is -2.14. The fourth-order valence-electron chi connectivity index (χ4n) is 2.94. The molecule has 0 N–H and O–H groups in total. The molecule has 4 rings (SSSR count). The van der Waals surface area contributed by atoms with E-state index in [2.05, 4.69) is 9.97 Å². The summed E-state index contributed by atoms with van der Waals surface area (Å²) in [6.07, 6.45) is 3.60. The molecule has 0 fully saturated rings. The average molecular weight is 367 g/mol. The Balaban J connectivity index is 1.81. The first kappa shape index (κ1) is 16.4. The second kappa shape index (κ2) is 6.65. The highest BCUT2D eigenvalue weighted by Crippen LogP contribution is 2.27. The van der Waals surface area contributed by atoms with Crippen LogP contribution in [-0.4, -0.2) is 26.2 Å². The van der Waals surface area contributed by atoms with E-state index in [1.165, 1.54) is 0 Å². The van der Waals surface area contributed by atoms with E-state index in [4.69, 9.17) is 16.3 Å². The van der Waals surface area contributed by atoms with Crippen molar-refractivity contribution in [3.05, 3.63) is 82.1 Å². The number of hydrogen-bond donors (Lipinski definition) is 0. The molecule has 0 saturated carbocycles. The van der Waals surface area contributed by atoms with Crippen LogP contribution >= 0.6 is 11.6 Å². The second-order valence-corrected chi connectivity index (χ2v) is 6.12. The molecule has 1 aromatic carbocycles. The number of nitrogens with zero attached hydrogens (tertiary/aromatic N) is 4. The van der Waals surface area contributed by atoms with Crippen molar-refractivity contribution in [3.8, 4) is 23.0 Å². The van der Waals surface area contributed by atoms with E-state index in [0.29, 0.717) is 34.7 Å². The Morgan fingerprint density at radius 3 is 2.73 bits per heavy atom. The normalized spacial score (nSPS) is 11.0. The number of aromatic nitrogens is 4. The van der Waals surface area contributed by atoms with Gasteiger partial charge in [-0.15, -0.1) is 0 Å². The molecule has 0 atom stereocenters. The van der Waals surface area contributed by atoms with Crippen LogP contribution < -0.4 is 10.4 Å². The predicted octanol–water partition coefficient (Wildman–Crippen LogP) is 3.24. The van der Waals surface area contributed by atoms with E-state index < -0.39 is 0 Å². The molecule has 6 nitrogen and oxygen atoms in total. The first-order chi connectivity index (χ1) is 12.7. The van der Waals surface area contributed by atoms with Crippen LogP contribution in [0.4, 0.5) is 0 Å². The van der Waals surface area contributed by atoms with Crippen LogP contribution in [0.15, 0.2) is 65.7 Å². The average Bonchev–Trinajstić information content (AvgIpc) is 3.00. The lowest BCUT2D eigenvalue weighted by atomic mass is 10.2. The fraction of sp³-hybridized carbons (Fsp3) is 0.105. The summed E-state index contributed by atoms with van der Waals surface area (Å²) < 4.78 is 8.87. The third-order valence-corrected chi connectivity index (χ3v) is 4.35. The molecule has 130 valence electrons. The van der Waals surface area contributed by atoms with Gasteiger partial charge in [0.05, 0.1) is 25.0 Å². The molecular weight excluding hydrogens is 352 g/mol. The maximum Gasteiger partial charge on any atom is 0.354 e. The third kappa shape index (κ3) is 2.84. The van der Waals surface area contributed by atoms with Gasteiger partial charge in [-0.3, -0.25) is 4.57 Å². The van der Waals surface area contributed by atoms with Gasteiger partial charge in [-0.05, 0) is 35.9 Å². The van der Waals surface area contributed by atoms with Gasteiger partial charge in [0.25, 0.3) is 0 Å². The molecule has 0 bridgehead atoms. The van der Waals surface area contributed by atoms with Crippen LogP contribution in [0, 0.1) is 0 Å². The fourth-order valence-corrected chi connectivity index (χ4v) is 3.05. The number of benzene rings is 1. The molecule has 0 radical (unpaired) electrons. The van der Waals surface area contributed by atoms with Crippen LogP contribution in [0.5, 0.6) is 5.75 Å². The van der Waals surface area contributed by atoms with E-state index in [9.17, 15) is 4.79 Å². The molecule has 2 aliphatic rings. The Hall–Kier alpha value is -3.12. The number of para-hydroxylation sites is 2. The summed E-state index contributed by atoms with van der Waals surface area (Å²) in [6.45, 7) is 0.532. The van der Waals surface area contributed by atoms with Crippen molar-refractivity contribution in [2.24, 2.45) is 0 Å². The Labute approximate surface area is 154 Å². The number of pyridine rings is 2. The van der Waals surface area contributed by atoms with Gasteiger partial charge in [0.15, 0.2) is 5.82 Å². The van der Waals surface area contributed by atoms with Gasteiger partial charge < -0.3 is 9.30 Å². The Morgan fingerprint density at radius 2 is 1.96 bits per heavy atom. The van der Waals surface area contributed by atoms with E-state index in [-0.39, 0.29) is 5.69 Å². The van der Waals surface area contributed by atoms with Gasteiger partial charge in [0.1, 0.15) is 10.9 Å². The number of fused-ring (bicyclic) bond motifs is 1. The number of hydrogen-bond acceptors (Lipinski definition) is 4. The van der Waals surface area contributed by atoms with E-state index in [0.717, 1.165) is 5.56 Å². The zero-order valence-corrected chi connectivity index (χ0v) is 14.7. The first-order valence-electron chi connectivity index (χ1n) is 7.99. The summed E-state index contributed by atoms with van der Waals surface area (Å²) in [5.74, 6) is 1.21. The molecule has 0 spiro atoms. The van der Waals surface area contributed by atoms with Gasteiger partial charge in [-0.25, -0.2) is 9.78 Å². The van der Waals surface area contributed by atoms with Gasteiger partial charge in [0.2, 0.25) is 0 Å². The SMILES string of the molecule is COc1ccccc1-n1c2cccn(Cc3ccc(Cl)nc3)c-2nc1=O. The highest BCUT2D eigenvalue weighted by atomic mass is 35.5. The van der Waals surface area contributed by atoms with Crippen molar-refractivity contribution in [2.45, 2.75) is 6.54 Å². The zero-order valence-electron chi connectivity index (χ0n) is 14.0. The van der Waals surface area contributed by atoms with Crippen LogP contribution in [0.25, 0.3) is 17.2 Å². The highest BCUT2D eigenvalue weighted by Gasteiger charge is 2.20. The molecule has 3 heterocycles. The van der Waals surface area contributed by atoms with Crippen LogP contribution in [0.1, 0.15) is 5.56 Å². The van der Waals surface area contributed by atoms with Crippen LogP contribution in [0.3, 0.4) is 0 Å². The minimum absolute atomic E-state index is 0.348. The highest BCUT2D eigenvalue weighted by molar-refractivity contribution is 6.29. The Bertz CT molecular complexity index is 1090. The van der Waals surface area contributed by atoms with Crippen molar-refractivity contribution in [1.82, 2.24) is 19.1 Å². The van der Waals surface area contributed by atoms with Crippen molar-refractivity contribution in [3.63, 3.8) is 0 Å². The molecule has 7 heteroatoms. The Kier molecular flexibility index (Phi) is 4.18. The van der Waals surface area contributed by atoms with Gasteiger partial charge in [0, 0.05) is 12.4 Å². The monoisotopic (exact) mass is 366 g/mol. The molecule has 2 aromatic rings. The van der Waals surface area contributed by atoms with Gasteiger partial charge >= 0.3 is 5.69 Å². The first-order valence-corrected chi connectivity index (χ1v) is 8.37. The number of methoxy groups -OCH3 is 1. The second-order valence-electron chi connectivity index (χ2n) is 5.74. The van der Waals surface area contributed by atoms with E-state index in [1.807, 2.05) is 53.2 Å². The molecule has 0 saturated heterocycles. The lowest BCUT2D eigenvalue weighted by molar-refractivity contribution is 0.412. The summed E-state index contributed by atoms with van der Waals surface area (Å²) in [4.78, 5) is 21.0. The molecule has 0 aliphatic carbocycles. The molecule has 0 amide bonds. The maximum absolute atomic E-state index is 12.6. The molecular formula is C19H15ClN4O2. The van der Waals surface area contributed by atoms with Crippen molar-refractivity contribution >= 4 is 11.6 Å². The maximum atomic E-state index is 12.6. The molecule has 1 aromatic heterocycles. The minimum atomic E-state index is -0.348. The molecule has 26 heavy (non-hydrogen) atoms. The quantitative estimate of drug-likeness (QED) is 0.520. The number of halogens is 1. The topological polar surface area (TPSA) is 61.9 Å².